The second-order valence-electron chi connectivity index (χ2n) is 9.77. The largest absolute Gasteiger partial charge is 0.480 e. The molecular weight excluding hydrogens is 508 g/mol. The molecule has 3 amide bonds. The van der Waals surface area contributed by atoms with Gasteiger partial charge < -0.3 is 49.0 Å². The van der Waals surface area contributed by atoms with Gasteiger partial charge in [0.25, 0.3) is 0 Å². The molecule has 1 aromatic rings. The molecule has 15 heteroatoms. The van der Waals surface area contributed by atoms with Gasteiger partial charge in [0.1, 0.15) is 18.1 Å². The Morgan fingerprint density at radius 3 is 2.08 bits per heavy atom. The number of H-pyrrole nitrogens is 1. The summed E-state index contributed by atoms with van der Waals surface area (Å²) in [5.41, 5.74) is 23.0. The fourth-order valence-electron chi connectivity index (χ4n) is 3.78. The summed E-state index contributed by atoms with van der Waals surface area (Å²) >= 11 is 0. The fraction of sp³-hybridized carbons (Fsp3) is 0.667. The highest BCUT2D eigenvalue weighted by Gasteiger charge is 2.30. The van der Waals surface area contributed by atoms with Gasteiger partial charge in [0.05, 0.1) is 12.4 Å². The molecule has 0 radical (unpaired) electrons. The van der Waals surface area contributed by atoms with Gasteiger partial charge in [-0.15, -0.1) is 0 Å². The van der Waals surface area contributed by atoms with Crippen molar-refractivity contribution in [3.63, 3.8) is 0 Å². The summed E-state index contributed by atoms with van der Waals surface area (Å²) in [4.78, 5) is 61.5. The number of aromatic nitrogens is 2. The minimum Gasteiger partial charge on any atom is -0.480 e. The number of nitrogens with two attached hydrogens (primary N) is 4. The van der Waals surface area contributed by atoms with E-state index in [1.807, 2.05) is 13.8 Å². The van der Waals surface area contributed by atoms with Gasteiger partial charge in [-0.2, -0.15) is 0 Å². The Kier molecular flexibility index (Phi) is 15.1. The average Bonchev–Trinajstić information content (AvgIpc) is 3.37. The van der Waals surface area contributed by atoms with E-state index in [1.54, 1.807) is 6.20 Å². The highest BCUT2D eigenvalue weighted by atomic mass is 16.4. The van der Waals surface area contributed by atoms with E-state index in [0.717, 1.165) is 0 Å². The third kappa shape index (κ3) is 13.6. The van der Waals surface area contributed by atoms with Crippen LogP contribution < -0.4 is 38.9 Å². The number of carbonyl (C=O) groups excluding carboxylic acids is 3. The predicted octanol–water partition coefficient (Wildman–Crippen LogP) is -1.95. The first-order chi connectivity index (χ1) is 18.4. The van der Waals surface area contributed by atoms with Gasteiger partial charge in [0.2, 0.25) is 17.7 Å². The number of rotatable bonds is 19. The number of nitrogens with one attached hydrogen (secondary N) is 4. The molecule has 0 aromatic carbocycles. The molecule has 0 aliphatic carbocycles. The zero-order valence-electron chi connectivity index (χ0n) is 22.7. The average molecular weight is 553 g/mol. The maximum atomic E-state index is 13.3. The molecular formula is C24H44N10O5. The highest BCUT2D eigenvalue weighted by Crippen LogP contribution is 2.09. The van der Waals surface area contributed by atoms with E-state index < -0.39 is 47.9 Å². The molecule has 39 heavy (non-hydrogen) atoms. The second-order valence-corrected chi connectivity index (χ2v) is 9.77. The quantitative estimate of drug-likeness (QED) is 0.0519. The number of amides is 3. The molecule has 1 aromatic heterocycles. The number of aliphatic carboxylic acids is 1. The fourth-order valence-corrected chi connectivity index (χ4v) is 3.78. The van der Waals surface area contributed by atoms with E-state index in [-0.39, 0.29) is 44.1 Å². The minimum absolute atomic E-state index is 0.0208. The Hall–Kier alpha value is -3.72. The van der Waals surface area contributed by atoms with Crippen molar-refractivity contribution in [3.8, 4) is 0 Å². The number of aliphatic imine (C=N–C) groups is 1. The number of aromatic amines is 1. The summed E-state index contributed by atoms with van der Waals surface area (Å²) in [5, 5.41) is 17.4. The van der Waals surface area contributed by atoms with Crippen molar-refractivity contribution < 1.29 is 24.3 Å². The van der Waals surface area contributed by atoms with Gasteiger partial charge in [-0.1, -0.05) is 13.8 Å². The number of hydrogen-bond acceptors (Lipinski definition) is 8. The third-order valence-corrected chi connectivity index (χ3v) is 5.81. The first-order valence-electron chi connectivity index (χ1n) is 13.1. The number of imidazole rings is 1. The number of hydrogen-bond donors (Lipinski definition) is 9. The van der Waals surface area contributed by atoms with E-state index >= 15 is 0 Å². The third-order valence-electron chi connectivity index (χ3n) is 5.81. The lowest BCUT2D eigenvalue weighted by atomic mass is 10.0. The SMILES string of the molecule is CC(C)CC(NC(=O)C(CCCCN)NC(=O)C(CCCN=C(N)N)NC(=O)C(N)Cc1cnc[nH]1)C(=O)O. The normalized spacial score (nSPS) is 14.1. The number of unbranched alkanes of at least 4 members (excludes halogenated alkanes) is 1. The minimum atomic E-state index is -1.17. The molecule has 1 rings (SSSR count). The summed E-state index contributed by atoms with van der Waals surface area (Å²) in [6.07, 6.45) is 5.28. The molecule has 1 heterocycles. The standard InChI is InChI=1S/C24H44N10O5/c1-14(2)10-19(23(38)39)34-22(37)17(6-3-4-8-25)33-21(36)18(7-5-9-30-24(27)28)32-20(35)16(26)11-15-12-29-13-31-15/h12-14,16-19H,3-11,25-26H2,1-2H3,(H,29,31)(H,32,35)(H,33,36)(H,34,37)(H,38,39)(H4,27,28,30). The smallest absolute Gasteiger partial charge is 0.326 e. The van der Waals surface area contributed by atoms with Gasteiger partial charge in [0, 0.05) is 24.9 Å². The Morgan fingerprint density at radius 1 is 0.974 bits per heavy atom. The van der Waals surface area contributed by atoms with Crippen LogP contribution in [0.15, 0.2) is 17.5 Å². The number of carboxylic acid groups (broad SMARTS) is 1. The predicted molar refractivity (Wildman–Crippen MR) is 146 cm³/mol. The van der Waals surface area contributed by atoms with Crippen LogP contribution in [0.3, 0.4) is 0 Å². The molecule has 0 fully saturated rings. The number of nitrogens with zero attached hydrogens (tertiary/aromatic N) is 2. The molecule has 13 N–H and O–H groups in total. The maximum Gasteiger partial charge on any atom is 0.326 e. The lowest BCUT2D eigenvalue weighted by Gasteiger charge is -2.25. The molecule has 0 aliphatic rings. The van der Waals surface area contributed by atoms with Gasteiger partial charge in [-0.3, -0.25) is 19.4 Å². The molecule has 15 nitrogen and oxygen atoms in total. The Balaban J connectivity index is 3.01. The molecule has 220 valence electrons. The van der Waals surface area contributed by atoms with Crippen molar-refractivity contribution in [1.29, 1.82) is 0 Å². The summed E-state index contributed by atoms with van der Waals surface area (Å²) in [6, 6.07) is -4.15. The number of carboxylic acids is 1. The van der Waals surface area contributed by atoms with Crippen molar-refractivity contribution in [2.75, 3.05) is 13.1 Å². The molecule has 0 saturated heterocycles. The van der Waals surface area contributed by atoms with Gasteiger partial charge in [0.15, 0.2) is 5.96 Å². The van der Waals surface area contributed by atoms with Crippen LogP contribution in [-0.4, -0.2) is 82.0 Å². The first-order valence-corrected chi connectivity index (χ1v) is 13.1. The Morgan fingerprint density at radius 2 is 1.56 bits per heavy atom. The van der Waals surface area contributed by atoms with Crippen molar-refractivity contribution in [2.45, 2.75) is 83.0 Å². The van der Waals surface area contributed by atoms with Gasteiger partial charge >= 0.3 is 5.97 Å². The zero-order valence-corrected chi connectivity index (χ0v) is 22.7. The molecule has 0 bridgehead atoms. The van der Waals surface area contributed by atoms with E-state index in [1.165, 1.54) is 6.33 Å². The van der Waals surface area contributed by atoms with Crippen LogP contribution in [0.25, 0.3) is 0 Å². The van der Waals surface area contributed by atoms with Gasteiger partial charge in [-0.05, 0) is 51.0 Å². The summed E-state index contributed by atoms with van der Waals surface area (Å²) < 4.78 is 0. The van der Waals surface area contributed by atoms with Crippen LogP contribution in [0.4, 0.5) is 0 Å². The molecule has 4 atom stereocenters. The van der Waals surface area contributed by atoms with Crippen LogP contribution in [0.1, 0.15) is 58.1 Å². The molecule has 0 spiro atoms. The van der Waals surface area contributed by atoms with Crippen LogP contribution in [0.5, 0.6) is 0 Å². The van der Waals surface area contributed by atoms with E-state index in [4.69, 9.17) is 22.9 Å². The molecule has 0 aliphatic heterocycles. The molecule has 4 unspecified atom stereocenters. The zero-order chi connectivity index (χ0) is 29.4. The van der Waals surface area contributed by atoms with E-state index in [0.29, 0.717) is 31.5 Å². The second kappa shape index (κ2) is 17.7. The maximum absolute atomic E-state index is 13.3. The van der Waals surface area contributed by atoms with Crippen molar-refractivity contribution in [3.05, 3.63) is 18.2 Å². The van der Waals surface area contributed by atoms with Gasteiger partial charge in [-0.25, -0.2) is 9.78 Å². The lowest BCUT2D eigenvalue weighted by Crippen LogP contribution is -2.57. The molecule has 0 saturated carbocycles. The van der Waals surface area contributed by atoms with Crippen molar-refractivity contribution in [2.24, 2.45) is 33.8 Å². The summed E-state index contributed by atoms with van der Waals surface area (Å²) in [5.74, 6) is -3.07. The monoisotopic (exact) mass is 552 g/mol. The Labute approximate surface area is 228 Å². The van der Waals surface area contributed by atoms with E-state index in [2.05, 4.69) is 30.9 Å². The van der Waals surface area contributed by atoms with E-state index in [9.17, 15) is 24.3 Å². The van der Waals surface area contributed by atoms with Crippen LogP contribution in [0.2, 0.25) is 0 Å². The summed E-state index contributed by atoms with van der Waals surface area (Å²) in [7, 11) is 0. The topological polar surface area (TPSA) is 270 Å². The number of carbonyl (C=O) groups is 4. The Bertz CT molecular complexity index is 934. The highest BCUT2D eigenvalue weighted by molar-refractivity contribution is 5.94. The lowest BCUT2D eigenvalue weighted by molar-refractivity contribution is -0.142. The number of guanidine groups is 1. The van der Waals surface area contributed by atoms with Crippen LogP contribution in [-0.2, 0) is 25.6 Å². The summed E-state index contributed by atoms with van der Waals surface area (Å²) in [6.45, 7) is 4.30. The van der Waals surface area contributed by atoms with Crippen molar-refractivity contribution >= 4 is 29.7 Å². The van der Waals surface area contributed by atoms with Crippen LogP contribution in [0, 0.1) is 5.92 Å². The van der Waals surface area contributed by atoms with Crippen molar-refractivity contribution in [1.82, 2.24) is 25.9 Å². The first kappa shape index (κ1) is 33.3. The van der Waals surface area contributed by atoms with Crippen LogP contribution >= 0.6 is 0 Å².